The summed E-state index contributed by atoms with van der Waals surface area (Å²) in [6, 6.07) is 15.6. The molecule has 0 bridgehead atoms. The number of halogens is 2. The molecule has 1 N–H and O–H groups in total. The zero-order valence-corrected chi connectivity index (χ0v) is 13.2. The highest BCUT2D eigenvalue weighted by Crippen LogP contribution is 2.27. The molecule has 0 aliphatic carbocycles. The van der Waals surface area contributed by atoms with Crippen molar-refractivity contribution >= 4 is 15.9 Å². The van der Waals surface area contributed by atoms with Gasteiger partial charge in [-0.05, 0) is 46.1 Å². The second-order valence-corrected chi connectivity index (χ2v) is 5.63. The largest absolute Gasteiger partial charge is 0.316 e. The van der Waals surface area contributed by atoms with Gasteiger partial charge >= 0.3 is 0 Å². The highest BCUT2D eigenvalue weighted by atomic mass is 79.9. The number of hydrogen-bond donors (Lipinski definition) is 1. The van der Waals surface area contributed by atoms with Crippen LogP contribution >= 0.6 is 15.9 Å². The van der Waals surface area contributed by atoms with Crippen molar-refractivity contribution in [2.45, 2.75) is 19.3 Å². The maximum absolute atomic E-state index is 13.6. The van der Waals surface area contributed by atoms with Gasteiger partial charge in [-0.25, -0.2) is 4.39 Å². The maximum atomic E-state index is 13.6. The van der Waals surface area contributed by atoms with E-state index in [0.29, 0.717) is 10.4 Å². The lowest BCUT2D eigenvalue weighted by Gasteiger charge is -2.19. The topological polar surface area (TPSA) is 12.0 Å². The average molecular weight is 336 g/mol. The van der Waals surface area contributed by atoms with Gasteiger partial charge in [0.05, 0.1) is 4.47 Å². The lowest BCUT2D eigenvalue weighted by atomic mass is 9.92. The Morgan fingerprint density at radius 2 is 1.85 bits per heavy atom. The molecule has 1 unspecified atom stereocenters. The van der Waals surface area contributed by atoms with Gasteiger partial charge in [-0.1, -0.05) is 49.4 Å². The molecule has 1 nitrogen and oxygen atoms in total. The Bertz CT molecular complexity index is 542. The fourth-order valence-electron chi connectivity index (χ4n) is 2.32. The Morgan fingerprint density at radius 1 is 1.10 bits per heavy atom. The second-order valence-electron chi connectivity index (χ2n) is 4.83. The van der Waals surface area contributed by atoms with Crippen LogP contribution in [0.1, 0.15) is 24.0 Å². The van der Waals surface area contributed by atoms with Crippen LogP contribution in [0.2, 0.25) is 0 Å². The van der Waals surface area contributed by atoms with Crippen molar-refractivity contribution in [1.29, 1.82) is 0 Å². The van der Waals surface area contributed by atoms with Crippen molar-refractivity contribution in [2.24, 2.45) is 0 Å². The van der Waals surface area contributed by atoms with E-state index >= 15 is 0 Å². The normalized spacial score (nSPS) is 12.3. The van der Waals surface area contributed by atoms with E-state index in [1.807, 2.05) is 12.1 Å². The molecule has 0 saturated carbocycles. The minimum Gasteiger partial charge on any atom is -0.316 e. The first-order valence-corrected chi connectivity index (χ1v) is 7.70. The smallest absolute Gasteiger partial charge is 0.137 e. The number of benzene rings is 2. The summed E-state index contributed by atoms with van der Waals surface area (Å²) in [5, 5.41) is 3.39. The molecule has 0 aliphatic heterocycles. The first-order chi connectivity index (χ1) is 9.72. The summed E-state index contributed by atoms with van der Waals surface area (Å²) in [5.41, 5.74) is 2.29. The summed E-state index contributed by atoms with van der Waals surface area (Å²) < 4.78 is 14.2. The molecule has 0 heterocycles. The van der Waals surface area contributed by atoms with Crippen LogP contribution in [-0.2, 0) is 6.42 Å². The number of hydrogen-bond acceptors (Lipinski definition) is 1. The van der Waals surface area contributed by atoms with Crippen molar-refractivity contribution < 1.29 is 4.39 Å². The van der Waals surface area contributed by atoms with Gasteiger partial charge < -0.3 is 5.32 Å². The summed E-state index contributed by atoms with van der Waals surface area (Å²) >= 11 is 3.35. The van der Waals surface area contributed by atoms with Crippen molar-refractivity contribution in [3.8, 4) is 0 Å². The van der Waals surface area contributed by atoms with Gasteiger partial charge in [0.25, 0.3) is 0 Å². The molecule has 0 radical (unpaired) electrons. The fraction of sp³-hybridized carbons (Fsp3) is 0.294. The van der Waals surface area contributed by atoms with Gasteiger partial charge in [-0.15, -0.1) is 0 Å². The number of nitrogens with one attached hydrogen (secondary N) is 1. The zero-order valence-electron chi connectivity index (χ0n) is 11.6. The number of likely N-dealkylation sites (N-methyl/N-ethyl adjacent to an activating group) is 1. The molecular formula is C17H19BrFN. The minimum atomic E-state index is -0.197. The summed E-state index contributed by atoms with van der Waals surface area (Å²) in [7, 11) is 0. The Hall–Kier alpha value is -1.19. The van der Waals surface area contributed by atoms with Gasteiger partial charge in [-0.3, -0.25) is 0 Å². The zero-order chi connectivity index (χ0) is 14.4. The summed E-state index contributed by atoms with van der Waals surface area (Å²) in [6.45, 7) is 3.93. The van der Waals surface area contributed by atoms with Crippen LogP contribution in [0.5, 0.6) is 0 Å². The van der Waals surface area contributed by atoms with Gasteiger partial charge in [-0.2, -0.15) is 0 Å². The predicted molar refractivity (Wildman–Crippen MR) is 85.5 cm³/mol. The van der Waals surface area contributed by atoms with Crippen molar-refractivity contribution in [1.82, 2.24) is 5.32 Å². The van der Waals surface area contributed by atoms with E-state index in [0.717, 1.165) is 25.1 Å². The Kier molecular flexibility index (Phi) is 5.74. The van der Waals surface area contributed by atoms with Crippen LogP contribution in [0.4, 0.5) is 4.39 Å². The second kappa shape index (κ2) is 7.55. The van der Waals surface area contributed by atoms with Crippen LogP contribution in [-0.4, -0.2) is 13.1 Å². The van der Waals surface area contributed by atoms with Gasteiger partial charge in [0, 0.05) is 12.5 Å². The lowest BCUT2D eigenvalue weighted by Crippen LogP contribution is -2.22. The van der Waals surface area contributed by atoms with E-state index in [2.05, 4.69) is 52.4 Å². The van der Waals surface area contributed by atoms with E-state index in [1.54, 1.807) is 6.07 Å². The quantitative estimate of drug-likeness (QED) is 0.818. The molecular weight excluding hydrogens is 317 g/mol. The van der Waals surface area contributed by atoms with Crippen molar-refractivity contribution in [3.05, 3.63) is 69.9 Å². The van der Waals surface area contributed by atoms with E-state index in [9.17, 15) is 4.39 Å². The monoisotopic (exact) mass is 335 g/mol. The highest BCUT2D eigenvalue weighted by Gasteiger charge is 2.14. The van der Waals surface area contributed by atoms with Crippen LogP contribution in [0, 0.1) is 5.82 Å². The summed E-state index contributed by atoms with van der Waals surface area (Å²) in [6.07, 6.45) is 0.815. The molecule has 0 fully saturated rings. The Balaban J connectivity index is 2.21. The highest BCUT2D eigenvalue weighted by molar-refractivity contribution is 9.10. The summed E-state index contributed by atoms with van der Waals surface area (Å²) in [4.78, 5) is 0. The van der Waals surface area contributed by atoms with E-state index in [4.69, 9.17) is 0 Å². The van der Waals surface area contributed by atoms with Crippen LogP contribution in [0.15, 0.2) is 53.0 Å². The van der Waals surface area contributed by atoms with E-state index in [1.165, 1.54) is 11.6 Å². The SMILES string of the molecule is CCNCC(Cc1cccc(F)c1Br)c1ccccc1. The molecule has 20 heavy (non-hydrogen) atoms. The van der Waals surface area contributed by atoms with E-state index in [-0.39, 0.29) is 5.82 Å². The van der Waals surface area contributed by atoms with Gasteiger partial charge in [0.2, 0.25) is 0 Å². The third-order valence-corrected chi connectivity index (χ3v) is 4.30. The Labute approximate surface area is 128 Å². The molecule has 0 aliphatic rings. The van der Waals surface area contributed by atoms with Gasteiger partial charge in [0.15, 0.2) is 0 Å². The van der Waals surface area contributed by atoms with Crippen LogP contribution in [0.3, 0.4) is 0 Å². The molecule has 2 rings (SSSR count). The molecule has 3 heteroatoms. The molecule has 0 spiro atoms. The third-order valence-electron chi connectivity index (χ3n) is 3.41. The van der Waals surface area contributed by atoms with Crippen molar-refractivity contribution in [2.75, 3.05) is 13.1 Å². The molecule has 106 valence electrons. The standard InChI is InChI=1S/C17H19BrFN/c1-2-20-12-15(13-7-4-3-5-8-13)11-14-9-6-10-16(19)17(14)18/h3-10,15,20H,2,11-12H2,1H3. The van der Waals surface area contributed by atoms with Gasteiger partial charge in [0.1, 0.15) is 5.82 Å². The summed E-state index contributed by atoms with van der Waals surface area (Å²) in [5.74, 6) is 0.145. The van der Waals surface area contributed by atoms with Crippen LogP contribution in [0.25, 0.3) is 0 Å². The third kappa shape index (κ3) is 3.90. The molecule has 0 aromatic heterocycles. The molecule has 0 amide bonds. The fourth-order valence-corrected chi connectivity index (χ4v) is 2.75. The van der Waals surface area contributed by atoms with E-state index < -0.39 is 0 Å². The lowest BCUT2D eigenvalue weighted by molar-refractivity contribution is 0.585. The molecule has 1 atom stereocenters. The van der Waals surface area contributed by atoms with Crippen molar-refractivity contribution in [3.63, 3.8) is 0 Å². The molecule has 0 saturated heterocycles. The predicted octanol–water partition coefficient (Wildman–Crippen LogP) is 4.52. The molecule has 2 aromatic rings. The first-order valence-electron chi connectivity index (χ1n) is 6.91. The van der Waals surface area contributed by atoms with Crippen LogP contribution < -0.4 is 5.32 Å². The number of rotatable bonds is 6. The first kappa shape index (κ1) is 15.2. The Morgan fingerprint density at radius 3 is 2.55 bits per heavy atom. The maximum Gasteiger partial charge on any atom is 0.137 e. The minimum absolute atomic E-state index is 0.197. The average Bonchev–Trinajstić information content (AvgIpc) is 2.48. The molecule has 2 aromatic carbocycles.